The zero-order chi connectivity index (χ0) is 17.5. The lowest BCUT2D eigenvalue weighted by molar-refractivity contribution is 0.0346. The summed E-state index contributed by atoms with van der Waals surface area (Å²) in [5, 5.41) is 15.6. The van der Waals surface area contributed by atoms with Crippen LogP contribution < -0.4 is 16.4 Å². The molecule has 0 spiro atoms. The molecule has 0 unspecified atom stereocenters. The van der Waals surface area contributed by atoms with Crippen molar-refractivity contribution in [1.82, 2.24) is 9.97 Å². The minimum absolute atomic E-state index is 0.209. The second-order valence-corrected chi connectivity index (χ2v) is 6.12. The summed E-state index contributed by atoms with van der Waals surface area (Å²) in [4.78, 5) is 20.0. The Balaban J connectivity index is 2.00. The number of nitrogens with two attached hydrogens (primary N) is 1. The molecule has 1 aliphatic carbocycles. The quantitative estimate of drug-likeness (QED) is 0.561. The minimum atomic E-state index is -0.605. The smallest absolute Gasteiger partial charge is 0.254 e. The van der Waals surface area contributed by atoms with Crippen LogP contribution in [0.5, 0.6) is 0 Å². The first kappa shape index (κ1) is 18.4. The zero-order valence-electron chi connectivity index (χ0n) is 14.3. The summed E-state index contributed by atoms with van der Waals surface area (Å²) >= 11 is 0. The summed E-state index contributed by atoms with van der Waals surface area (Å²) in [6.07, 6.45) is 5.19. The fourth-order valence-corrected chi connectivity index (χ4v) is 2.80. The minimum Gasteiger partial charge on any atom is -0.392 e. The number of anilines is 2. The number of primary amides is 1. The zero-order valence-corrected chi connectivity index (χ0v) is 14.3. The number of aliphatic hydroxyl groups is 1. The number of aromatic nitrogens is 2. The molecular weight excluding hydrogens is 310 g/mol. The Morgan fingerprint density at radius 1 is 1.46 bits per heavy atom. The monoisotopic (exact) mass is 337 g/mol. The number of nitrogens with zero attached hydrogens (tertiary/aromatic N) is 2. The molecule has 2 rings (SSSR count). The summed E-state index contributed by atoms with van der Waals surface area (Å²) in [6, 6.07) is 0.283. The molecule has 0 saturated heterocycles. The van der Waals surface area contributed by atoms with Crippen molar-refractivity contribution in [3.63, 3.8) is 0 Å². The third kappa shape index (κ3) is 5.31. The number of carbonyl (C=O) groups excluding carboxylic acids is 1. The van der Waals surface area contributed by atoms with Gasteiger partial charge in [-0.2, -0.15) is 4.98 Å². The molecule has 1 aliphatic rings. The molecule has 5 N–H and O–H groups in total. The van der Waals surface area contributed by atoms with Gasteiger partial charge in [0, 0.05) is 25.4 Å². The van der Waals surface area contributed by atoms with Crippen LogP contribution in [0.2, 0.25) is 0 Å². The number of nitrogens with one attached hydrogen (secondary N) is 2. The first-order valence-electron chi connectivity index (χ1n) is 8.46. The molecular formula is C16H27N5O3. The van der Waals surface area contributed by atoms with Gasteiger partial charge >= 0.3 is 0 Å². The van der Waals surface area contributed by atoms with E-state index in [1.807, 2.05) is 6.92 Å². The Morgan fingerprint density at radius 2 is 2.17 bits per heavy atom. The predicted molar refractivity (Wildman–Crippen MR) is 92.0 cm³/mol. The molecule has 8 nitrogen and oxygen atoms in total. The first-order chi connectivity index (χ1) is 11.5. The van der Waals surface area contributed by atoms with Gasteiger partial charge in [0.25, 0.3) is 5.91 Å². The standard InChI is InChI=1S/C16H27N5O3/c1-3-24-12-6-4-11(5-7-12)20-16-19-9-13(14(17)23)15(21-16)18-8-10(2)22/h9-12,22H,3-8H2,1-2H3,(H2,17,23)(H2,18,19,20,21)/t10-,11?,12?/m1/s1. The van der Waals surface area contributed by atoms with Crippen LogP contribution in [0.4, 0.5) is 11.8 Å². The Bertz CT molecular complexity index is 545. The number of hydrogen-bond acceptors (Lipinski definition) is 7. The number of aliphatic hydroxyl groups excluding tert-OH is 1. The molecule has 1 amide bonds. The van der Waals surface area contributed by atoms with E-state index in [0.717, 1.165) is 32.3 Å². The van der Waals surface area contributed by atoms with Gasteiger partial charge in [0.05, 0.1) is 17.8 Å². The molecule has 1 saturated carbocycles. The molecule has 134 valence electrons. The van der Waals surface area contributed by atoms with Crippen LogP contribution in [0, 0.1) is 0 Å². The predicted octanol–water partition coefficient (Wildman–Crippen LogP) is 1.13. The maximum absolute atomic E-state index is 11.5. The molecule has 1 aromatic rings. The molecule has 0 radical (unpaired) electrons. The molecule has 8 heteroatoms. The molecule has 1 aromatic heterocycles. The highest BCUT2D eigenvalue weighted by atomic mass is 16.5. The highest BCUT2D eigenvalue weighted by Gasteiger charge is 2.22. The normalized spacial score (nSPS) is 22.0. The van der Waals surface area contributed by atoms with E-state index < -0.39 is 12.0 Å². The van der Waals surface area contributed by atoms with Crippen molar-refractivity contribution in [2.24, 2.45) is 5.73 Å². The van der Waals surface area contributed by atoms with E-state index in [2.05, 4.69) is 20.6 Å². The van der Waals surface area contributed by atoms with E-state index >= 15 is 0 Å². The van der Waals surface area contributed by atoms with Crippen molar-refractivity contribution in [2.45, 2.75) is 57.8 Å². The van der Waals surface area contributed by atoms with Gasteiger partial charge in [-0.25, -0.2) is 4.98 Å². The molecule has 1 heterocycles. The Hall–Kier alpha value is -1.93. The van der Waals surface area contributed by atoms with Crippen LogP contribution in [-0.2, 0) is 4.74 Å². The highest BCUT2D eigenvalue weighted by molar-refractivity contribution is 5.97. The lowest BCUT2D eigenvalue weighted by Crippen LogP contribution is -2.30. The highest BCUT2D eigenvalue weighted by Crippen LogP contribution is 2.24. The van der Waals surface area contributed by atoms with Crippen LogP contribution in [0.1, 0.15) is 49.9 Å². The second kappa shape index (κ2) is 8.79. The maximum atomic E-state index is 11.5. The average Bonchev–Trinajstić information content (AvgIpc) is 2.55. The Labute approximate surface area is 142 Å². The van der Waals surface area contributed by atoms with E-state index in [1.54, 1.807) is 6.92 Å². The topological polar surface area (TPSA) is 122 Å². The van der Waals surface area contributed by atoms with Gasteiger partial charge in [-0.05, 0) is 39.5 Å². The maximum Gasteiger partial charge on any atom is 0.254 e. The molecule has 1 fully saturated rings. The van der Waals surface area contributed by atoms with Crippen LogP contribution in [0.15, 0.2) is 6.20 Å². The largest absolute Gasteiger partial charge is 0.392 e. The lowest BCUT2D eigenvalue weighted by Gasteiger charge is -2.29. The van der Waals surface area contributed by atoms with Crippen LogP contribution in [-0.4, -0.2) is 52.4 Å². The van der Waals surface area contributed by atoms with Crippen molar-refractivity contribution in [3.05, 3.63) is 11.8 Å². The van der Waals surface area contributed by atoms with Gasteiger partial charge in [-0.3, -0.25) is 4.79 Å². The van der Waals surface area contributed by atoms with Crippen LogP contribution >= 0.6 is 0 Å². The van der Waals surface area contributed by atoms with Gasteiger partial charge in [0.2, 0.25) is 5.95 Å². The van der Waals surface area contributed by atoms with Crippen LogP contribution in [0.3, 0.4) is 0 Å². The lowest BCUT2D eigenvalue weighted by atomic mass is 9.93. The molecule has 24 heavy (non-hydrogen) atoms. The van der Waals surface area contributed by atoms with E-state index in [1.165, 1.54) is 6.20 Å². The number of rotatable bonds is 8. The van der Waals surface area contributed by atoms with E-state index in [4.69, 9.17) is 10.5 Å². The fourth-order valence-electron chi connectivity index (χ4n) is 2.80. The summed E-state index contributed by atoms with van der Waals surface area (Å²) in [5.41, 5.74) is 5.55. The molecule has 1 atom stereocenters. The Kier molecular flexibility index (Phi) is 6.74. The summed E-state index contributed by atoms with van der Waals surface area (Å²) in [5.74, 6) is 0.184. The SMILES string of the molecule is CCOC1CCC(Nc2ncc(C(N)=O)c(NC[C@@H](C)O)n2)CC1. The summed E-state index contributed by atoms with van der Waals surface area (Å²) in [6.45, 7) is 4.68. The average molecular weight is 337 g/mol. The van der Waals surface area contributed by atoms with E-state index in [-0.39, 0.29) is 18.2 Å². The third-order valence-corrected chi connectivity index (χ3v) is 4.03. The molecule has 0 aromatic carbocycles. The van der Waals surface area contributed by atoms with E-state index in [9.17, 15) is 9.90 Å². The third-order valence-electron chi connectivity index (χ3n) is 4.03. The summed E-state index contributed by atoms with van der Waals surface area (Å²) in [7, 11) is 0. The second-order valence-electron chi connectivity index (χ2n) is 6.12. The number of carbonyl (C=O) groups is 1. The number of amides is 1. The number of ether oxygens (including phenoxy) is 1. The van der Waals surface area contributed by atoms with Gasteiger partial charge in [0.15, 0.2) is 0 Å². The first-order valence-corrected chi connectivity index (χ1v) is 8.46. The fraction of sp³-hybridized carbons (Fsp3) is 0.688. The van der Waals surface area contributed by atoms with Gasteiger partial charge < -0.3 is 26.2 Å². The van der Waals surface area contributed by atoms with Gasteiger partial charge in [-0.15, -0.1) is 0 Å². The van der Waals surface area contributed by atoms with Crippen molar-refractivity contribution >= 4 is 17.7 Å². The summed E-state index contributed by atoms with van der Waals surface area (Å²) < 4.78 is 5.65. The van der Waals surface area contributed by atoms with Crippen molar-refractivity contribution < 1.29 is 14.6 Å². The van der Waals surface area contributed by atoms with Crippen LogP contribution in [0.25, 0.3) is 0 Å². The van der Waals surface area contributed by atoms with Crippen molar-refractivity contribution in [1.29, 1.82) is 0 Å². The van der Waals surface area contributed by atoms with Gasteiger partial charge in [-0.1, -0.05) is 0 Å². The molecule has 0 aliphatic heterocycles. The van der Waals surface area contributed by atoms with Crippen molar-refractivity contribution in [2.75, 3.05) is 23.8 Å². The van der Waals surface area contributed by atoms with E-state index in [0.29, 0.717) is 17.9 Å². The number of hydrogen-bond donors (Lipinski definition) is 4. The Morgan fingerprint density at radius 3 is 2.75 bits per heavy atom. The molecule has 0 bridgehead atoms. The van der Waals surface area contributed by atoms with Gasteiger partial charge in [0.1, 0.15) is 5.82 Å². The van der Waals surface area contributed by atoms with Crippen molar-refractivity contribution in [3.8, 4) is 0 Å².